The molecular weight excluding hydrogens is 158 g/mol. The summed E-state index contributed by atoms with van der Waals surface area (Å²) < 4.78 is 0. The zero-order valence-electron chi connectivity index (χ0n) is 6.36. The van der Waals surface area contributed by atoms with E-state index in [-0.39, 0.29) is 6.10 Å². The molecule has 11 heavy (non-hydrogen) atoms. The maximum Gasteiger partial charge on any atom is 0.0600 e. The smallest absolute Gasteiger partial charge is 0.0600 e. The third-order valence-electron chi connectivity index (χ3n) is 1.52. The van der Waals surface area contributed by atoms with Crippen molar-refractivity contribution in [3.05, 3.63) is 22.4 Å². The van der Waals surface area contributed by atoms with Crippen LogP contribution < -0.4 is 5.73 Å². The van der Waals surface area contributed by atoms with Crippen LogP contribution >= 0.6 is 11.3 Å². The Morgan fingerprint density at radius 2 is 2.45 bits per heavy atom. The number of hydrogen-bond acceptors (Lipinski definition) is 3. The number of thiophene rings is 1. The van der Waals surface area contributed by atoms with Crippen LogP contribution in [0.1, 0.15) is 11.3 Å². The molecular formula is C8H13NOS. The number of nitrogens with two attached hydrogens (primary N) is 1. The standard InChI is InChI=1S/C8H13NOS/c9-4-3-7(10)6-8-2-1-5-11-8/h1-2,5,7,10H,3-4,6,9H2/t7-/m0/s1. The van der Waals surface area contributed by atoms with Crippen molar-refractivity contribution in [1.82, 2.24) is 0 Å². The molecule has 62 valence electrons. The second-order valence-corrected chi connectivity index (χ2v) is 3.55. The van der Waals surface area contributed by atoms with Gasteiger partial charge in [-0.15, -0.1) is 11.3 Å². The molecule has 0 radical (unpaired) electrons. The molecule has 1 atom stereocenters. The zero-order valence-corrected chi connectivity index (χ0v) is 7.18. The molecule has 3 heteroatoms. The van der Waals surface area contributed by atoms with E-state index in [1.165, 1.54) is 4.88 Å². The van der Waals surface area contributed by atoms with Gasteiger partial charge in [0.25, 0.3) is 0 Å². The summed E-state index contributed by atoms with van der Waals surface area (Å²) in [5, 5.41) is 11.4. The van der Waals surface area contributed by atoms with Crippen LogP contribution in [0.4, 0.5) is 0 Å². The van der Waals surface area contributed by atoms with Crippen molar-refractivity contribution in [2.75, 3.05) is 6.54 Å². The molecule has 1 rings (SSSR count). The van der Waals surface area contributed by atoms with Crippen LogP contribution in [-0.2, 0) is 6.42 Å². The molecule has 0 aliphatic carbocycles. The summed E-state index contributed by atoms with van der Waals surface area (Å²) in [7, 11) is 0. The topological polar surface area (TPSA) is 46.2 Å². The van der Waals surface area contributed by atoms with Crippen molar-refractivity contribution in [3.8, 4) is 0 Å². The van der Waals surface area contributed by atoms with E-state index in [0.717, 1.165) is 6.42 Å². The third-order valence-corrected chi connectivity index (χ3v) is 2.42. The molecule has 0 saturated heterocycles. The minimum atomic E-state index is -0.265. The summed E-state index contributed by atoms with van der Waals surface area (Å²) in [6, 6.07) is 4.03. The monoisotopic (exact) mass is 171 g/mol. The lowest BCUT2D eigenvalue weighted by atomic mass is 10.1. The molecule has 0 amide bonds. The van der Waals surface area contributed by atoms with Gasteiger partial charge in [0, 0.05) is 11.3 Å². The highest BCUT2D eigenvalue weighted by molar-refractivity contribution is 7.09. The van der Waals surface area contributed by atoms with Crippen molar-refractivity contribution in [1.29, 1.82) is 0 Å². The minimum absolute atomic E-state index is 0.265. The van der Waals surface area contributed by atoms with Gasteiger partial charge < -0.3 is 10.8 Å². The van der Waals surface area contributed by atoms with Crippen LogP contribution in [0.2, 0.25) is 0 Å². The van der Waals surface area contributed by atoms with Crippen molar-refractivity contribution >= 4 is 11.3 Å². The summed E-state index contributed by atoms with van der Waals surface area (Å²) >= 11 is 1.68. The average molecular weight is 171 g/mol. The third kappa shape index (κ3) is 3.01. The van der Waals surface area contributed by atoms with Crippen LogP contribution in [-0.4, -0.2) is 17.8 Å². The highest BCUT2D eigenvalue weighted by Crippen LogP contribution is 2.11. The average Bonchev–Trinajstić information content (AvgIpc) is 2.40. The number of aliphatic hydroxyl groups is 1. The summed E-state index contributed by atoms with van der Waals surface area (Å²) in [5.41, 5.74) is 5.30. The second kappa shape index (κ2) is 4.49. The molecule has 0 saturated carbocycles. The van der Waals surface area contributed by atoms with E-state index in [1.807, 2.05) is 17.5 Å². The van der Waals surface area contributed by atoms with E-state index in [4.69, 9.17) is 5.73 Å². The lowest BCUT2D eigenvalue weighted by Crippen LogP contribution is -2.15. The molecule has 2 nitrogen and oxygen atoms in total. The second-order valence-electron chi connectivity index (χ2n) is 2.51. The molecule has 1 aromatic rings. The fraction of sp³-hybridized carbons (Fsp3) is 0.500. The molecule has 3 N–H and O–H groups in total. The van der Waals surface area contributed by atoms with Gasteiger partial charge >= 0.3 is 0 Å². The normalized spacial score (nSPS) is 13.3. The van der Waals surface area contributed by atoms with Crippen LogP contribution in [0.25, 0.3) is 0 Å². The van der Waals surface area contributed by atoms with Crippen LogP contribution in [0, 0.1) is 0 Å². The summed E-state index contributed by atoms with van der Waals surface area (Å²) in [5.74, 6) is 0. The largest absolute Gasteiger partial charge is 0.393 e. The molecule has 0 unspecified atom stereocenters. The van der Waals surface area contributed by atoms with Gasteiger partial charge in [0.1, 0.15) is 0 Å². The SMILES string of the molecule is NCC[C@H](O)Cc1cccs1. The van der Waals surface area contributed by atoms with E-state index < -0.39 is 0 Å². The highest BCUT2D eigenvalue weighted by atomic mass is 32.1. The molecule has 0 aromatic carbocycles. The van der Waals surface area contributed by atoms with Gasteiger partial charge in [0.2, 0.25) is 0 Å². The Hall–Kier alpha value is -0.380. The predicted octanol–water partition coefficient (Wildman–Crippen LogP) is 1.00. The van der Waals surface area contributed by atoms with Gasteiger partial charge in [-0.05, 0) is 24.4 Å². The molecule has 1 heterocycles. The van der Waals surface area contributed by atoms with E-state index in [9.17, 15) is 5.11 Å². The van der Waals surface area contributed by atoms with E-state index in [0.29, 0.717) is 13.0 Å². The van der Waals surface area contributed by atoms with Gasteiger partial charge in [0.05, 0.1) is 6.10 Å². The molecule has 0 aliphatic heterocycles. The first-order valence-electron chi connectivity index (χ1n) is 3.73. The van der Waals surface area contributed by atoms with Gasteiger partial charge in [0.15, 0.2) is 0 Å². The Morgan fingerprint density at radius 1 is 1.64 bits per heavy atom. The molecule has 1 aromatic heterocycles. The number of hydrogen-bond donors (Lipinski definition) is 2. The molecule has 0 fully saturated rings. The Balaban J connectivity index is 2.31. The molecule has 0 aliphatic rings. The maximum atomic E-state index is 9.35. The summed E-state index contributed by atoms with van der Waals surface area (Å²) in [4.78, 5) is 1.23. The number of rotatable bonds is 4. The first-order valence-corrected chi connectivity index (χ1v) is 4.61. The van der Waals surface area contributed by atoms with Gasteiger partial charge in [-0.3, -0.25) is 0 Å². The zero-order chi connectivity index (χ0) is 8.10. The fourth-order valence-corrected chi connectivity index (χ4v) is 1.73. The lowest BCUT2D eigenvalue weighted by Gasteiger charge is -2.05. The lowest BCUT2D eigenvalue weighted by molar-refractivity contribution is 0.168. The Kier molecular flexibility index (Phi) is 3.56. The maximum absolute atomic E-state index is 9.35. The minimum Gasteiger partial charge on any atom is -0.393 e. The van der Waals surface area contributed by atoms with Gasteiger partial charge in [-0.2, -0.15) is 0 Å². The molecule has 0 spiro atoms. The Labute approximate surface area is 70.7 Å². The first kappa shape index (κ1) is 8.71. The van der Waals surface area contributed by atoms with Crippen molar-refractivity contribution in [2.45, 2.75) is 18.9 Å². The molecule has 0 bridgehead atoms. The van der Waals surface area contributed by atoms with Crippen LogP contribution in [0.3, 0.4) is 0 Å². The highest BCUT2D eigenvalue weighted by Gasteiger charge is 2.03. The van der Waals surface area contributed by atoms with Gasteiger partial charge in [-0.25, -0.2) is 0 Å². The van der Waals surface area contributed by atoms with Crippen molar-refractivity contribution in [3.63, 3.8) is 0 Å². The fourth-order valence-electron chi connectivity index (χ4n) is 0.955. The van der Waals surface area contributed by atoms with Crippen LogP contribution in [0.15, 0.2) is 17.5 Å². The summed E-state index contributed by atoms with van der Waals surface area (Å²) in [6.45, 7) is 0.562. The van der Waals surface area contributed by atoms with E-state index in [2.05, 4.69) is 0 Å². The predicted molar refractivity (Wildman–Crippen MR) is 47.7 cm³/mol. The number of aliphatic hydroxyl groups excluding tert-OH is 1. The van der Waals surface area contributed by atoms with E-state index >= 15 is 0 Å². The van der Waals surface area contributed by atoms with E-state index in [1.54, 1.807) is 11.3 Å². The quantitative estimate of drug-likeness (QED) is 0.710. The van der Waals surface area contributed by atoms with Gasteiger partial charge in [-0.1, -0.05) is 6.07 Å². The first-order chi connectivity index (χ1) is 5.33. The Morgan fingerprint density at radius 3 is 3.00 bits per heavy atom. The van der Waals surface area contributed by atoms with Crippen LogP contribution in [0.5, 0.6) is 0 Å². The Bertz CT molecular complexity index is 186. The van der Waals surface area contributed by atoms with Crippen molar-refractivity contribution < 1.29 is 5.11 Å². The summed E-state index contributed by atoms with van der Waals surface area (Å²) in [6.07, 6.45) is 1.17. The van der Waals surface area contributed by atoms with Crippen molar-refractivity contribution in [2.24, 2.45) is 5.73 Å².